The van der Waals surface area contributed by atoms with Crippen molar-refractivity contribution < 1.29 is 9.59 Å². The van der Waals surface area contributed by atoms with Crippen LogP contribution in [-0.2, 0) is 29.0 Å². The third kappa shape index (κ3) is 3.71. The van der Waals surface area contributed by atoms with Crippen molar-refractivity contribution in [3.63, 3.8) is 0 Å². The summed E-state index contributed by atoms with van der Waals surface area (Å²) in [5, 5.41) is 2.84. The van der Waals surface area contributed by atoms with E-state index < -0.39 is 5.92 Å². The van der Waals surface area contributed by atoms with Gasteiger partial charge in [0.25, 0.3) is 5.56 Å². The first-order valence-corrected chi connectivity index (χ1v) is 10.7. The van der Waals surface area contributed by atoms with Gasteiger partial charge in [0.15, 0.2) is 0 Å². The van der Waals surface area contributed by atoms with Gasteiger partial charge < -0.3 is 15.2 Å². The SMILES string of the molecule is CSc1ccc(N2CC(C(=O)NCc3cc4c([nH]c3=O)CCC4)CC2=O)cc1. The van der Waals surface area contributed by atoms with Gasteiger partial charge in [0.05, 0.1) is 5.92 Å². The van der Waals surface area contributed by atoms with Gasteiger partial charge in [-0.1, -0.05) is 0 Å². The van der Waals surface area contributed by atoms with E-state index in [1.807, 2.05) is 36.6 Å². The van der Waals surface area contributed by atoms with E-state index in [1.165, 1.54) is 5.56 Å². The molecule has 7 heteroatoms. The van der Waals surface area contributed by atoms with Crippen molar-refractivity contribution in [2.45, 2.75) is 37.1 Å². The number of aromatic nitrogens is 1. The summed E-state index contributed by atoms with van der Waals surface area (Å²) in [4.78, 5) is 42.9. The fourth-order valence-corrected chi connectivity index (χ4v) is 4.32. The molecule has 4 rings (SSSR count). The predicted octanol–water partition coefficient (Wildman–Crippen LogP) is 2.25. The number of amides is 2. The number of H-pyrrole nitrogens is 1. The van der Waals surface area contributed by atoms with Crippen LogP contribution in [0.1, 0.15) is 29.7 Å². The van der Waals surface area contributed by atoms with Gasteiger partial charge in [-0.3, -0.25) is 14.4 Å². The number of thioether (sulfide) groups is 1. The van der Waals surface area contributed by atoms with Crippen LogP contribution in [0.3, 0.4) is 0 Å². The number of rotatable bonds is 5. The maximum absolute atomic E-state index is 12.6. The van der Waals surface area contributed by atoms with Gasteiger partial charge in [-0.2, -0.15) is 0 Å². The molecule has 1 aliphatic carbocycles. The molecule has 1 saturated heterocycles. The minimum absolute atomic E-state index is 0.0487. The maximum Gasteiger partial charge on any atom is 0.253 e. The van der Waals surface area contributed by atoms with E-state index in [9.17, 15) is 14.4 Å². The summed E-state index contributed by atoms with van der Waals surface area (Å²) >= 11 is 1.64. The molecule has 0 saturated carbocycles. The molecule has 2 amide bonds. The van der Waals surface area contributed by atoms with Crippen molar-refractivity contribution >= 4 is 29.3 Å². The second kappa shape index (κ2) is 7.83. The second-order valence-corrected chi connectivity index (χ2v) is 8.18. The van der Waals surface area contributed by atoms with Gasteiger partial charge in [-0.15, -0.1) is 11.8 Å². The Labute approximate surface area is 167 Å². The molecule has 1 aliphatic heterocycles. The number of carbonyl (C=O) groups is 2. The lowest BCUT2D eigenvalue weighted by Crippen LogP contribution is -2.34. The van der Waals surface area contributed by atoms with Gasteiger partial charge >= 0.3 is 0 Å². The van der Waals surface area contributed by atoms with Gasteiger partial charge in [-0.05, 0) is 61.4 Å². The number of anilines is 1. The standard InChI is InChI=1S/C21H23N3O3S/c1-28-17-7-5-16(6-8-17)24-12-15(10-19(24)25)20(26)22-11-14-9-13-3-2-4-18(13)23-21(14)27/h5-9,15H,2-4,10-12H2,1H3,(H,22,26)(H,23,27). The highest BCUT2D eigenvalue weighted by molar-refractivity contribution is 7.98. The first-order valence-electron chi connectivity index (χ1n) is 9.51. The Bertz CT molecular complexity index is 968. The quantitative estimate of drug-likeness (QED) is 0.758. The van der Waals surface area contributed by atoms with Gasteiger partial charge in [0, 0.05) is 41.4 Å². The highest BCUT2D eigenvalue weighted by Crippen LogP contribution is 2.27. The average molecular weight is 398 g/mol. The Morgan fingerprint density at radius 3 is 2.79 bits per heavy atom. The van der Waals surface area contributed by atoms with Gasteiger partial charge in [-0.25, -0.2) is 0 Å². The summed E-state index contributed by atoms with van der Waals surface area (Å²) in [7, 11) is 0. The molecular weight excluding hydrogens is 374 g/mol. The molecule has 1 fully saturated rings. The number of nitrogens with zero attached hydrogens (tertiary/aromatic N) is 1. The van der Waals surface area contributed by atoms with Crippen molar-refractivity contribution in [2.24, 2.45) is 5.92 Å². The molecule has 0 bridgehead atoms. The first-order chi connectivity index (χ1) is 13.5. The van der Waals surface area contributed by atoms with Crippen LogP contribution in [0.25, 0.3) is 0 Å². The average Bonchev–Trinajstić information content (AvgIpc) is 3.32. The number of pyridine rings is 1. The molecule has 2 aliphatic rings. The molecular formula is C21H23N3O3S. The third-order valence-electron chi connectivity index (χ3n) is 5.50. The molecule has 0 spiro atoms. The predicted molar refractivity (Wildman–Crippen MR) is 110 cm³/mol. The summed E-state index contributed by atoms with van der Waals surface area (Å²) in [6.45, 7) is 0.554. The van der Waals surface area contributed by atoms with Crippen LogP contribution in [0, 0.1) is 5.92 Å². The van der Waals surface area contributed by atoms with Crippen molar-refractivity contribution in [3.05, 3.63) is 57.5 Å². The Balaban J connectivity index is 1.39. The number of benzene rings is 1. The number of fused-ring (bicyclic) bond motifs is 1. The zero-order valence-electron chi connectivity index (χ0n) is 15.8. The molecule has 2 N–H and O–H groups in total. The number of carbonyl (C=O) groups excluding carboxylic acids is 2. The van der Waals surface area contributed by atoms with Crippen LogP contribution in [0.4, 0.5) is 5.69 Å². The molecule has 2 heterocycles. The molecule has 6 nitrogen and oxygen atoms in total. The number of hydrogen-bond acceptors (Lipinski definition) is 4. The van der Waals surface area contributed by atoms with Crippen LogP contribution >= 0.6 is 11.8 Å². The lowest BCUT2D eigenvalue weighted by Gasteiger charge is -2.17. The van der Waals surface area contributed by atoms with E-state index in [2.05, 4.69) is 10.3 Å². The van der Waals surface area contributed by atoms with E-state index in [0.29, 0.717) is 12.1 Å². The molecule has 28 heavy (non-hydrogen) atoms. The maximum atomic E-state index is 12.6. The minimum atomic E-state index is -0.402. The van der Waals surface area contributed by atoms with Crippen molar-refractivity contribution in [1.29, 1.82) is 0 Å². The second-order valence-electron chi connectivity index (χ2n) is 7.30. The van der Waals surface area contributed by atoms with E-state index in [4.69, 9.17) is 0 Å². The first kappa shape index (κ1) is 18.8. The topological polar surface area (TPSA) is 82.3 Å². The Kier molecular flexibility index (Phi) is 5.26. The van der Waals surface area contributed by atoms with E-state index in [0.717, 1.165) is 35.5 Å². The minimum Gasteiger partial charge on any atom is -0.352 e. The Hall–Kier alpha value is -2.54. The third-order valence-corrected chi connectivity index (χ3v) is 6.24. The highest BCUT2D eigenvalue weighted by atomic mass is 32.2. The summed E-state index contributed by atoms with van der Waals surface area (Å²) in [6, 6.07) is 9.67. The number of hydrogen-bond donors (Lipinski definition) is 2. The molecule has 0 radical (unpaired) electrons. The van der Waals surface area contributed by atoms with E-state index in [-0.39, 0.29) is 30.3 Å². The lowest BCUT2D eigenvalue weighted by atomic mass is 10.1. The molecule has 2 aromatic rings. The number of aromatic amines is 1. The van der Waals surface area contributed by atoms with E-state index >= 15 is 0 Å². The molecule has 1 unspecified atom stereocenters. The van der Waals surface area contributed by atoms with Crippen LogP contribution < -0.4 is 15.8 Å². The van der Waals surface area contributed by atoms with Crippen molar-refractivity contribution in [3.8, 4) is 0 Å². The highest BCUT2D eigenvalue weighted by Gasteiger charge is 2.35. The summed E-state index contributed by atoms with van der Waals surface area (Å²) in [5.74, 6) is -0.634. The molecule has 1 aromatic heterocycles. The monoisotopic (exact) mass is 397 g/mol. The summed E-state index contributed by atoms with van der Waals surface area (Å²) in [5.41, 5.74) is 3.43. The smallest absolute Gasteiger partial charge is 0.253 e. The molecule has 1 atom stereocenters. The fourth-order valence-electron chi connectivity index (χ4n) is 3.92. The van der Waals surface area contributed by atoms with Crippen molar-refractivity contribution in [2.75, 3.05) is 17.7 Å². The molecule has 146 valence electrons. The number of aryl methyl sites for hydroxylation is 2. The normalized spacial score (nSPS) is 18.4. The van der Waals surface area contributed by atoms with Gasteiger partial charge in [0.1, 0.15) is 0 Å². The summed E-state index contributed by atoms with van der Waals surface area (Å²) in [6.07, 6.45) is 5.13. The van der Waals surface area contributed by atoms with Crippen LogP contribution in [0.15, 0.2) is 40.0 Å². The summed E-state index contributed by atoms with van der Waals surface area (Å²) < 4.78 is 0. The lowest BCUT2D eigenvalue weighted by molar-refractivity contribution is -0.126. The van der Waals surface area contributed by atoms with Crippen LogP contribution in [-0.4, -0.2) is 29.6 Å². The largest absolute Gasteiger partial charge is 0.352 e. The zero-order chi connectivity index (χ0) is 19.7. The molecule has 1 aromatic carbocycles. The zero-order valence-corrected chi connectivity index (χ0v) is 16.6. The fraction of sp³-hybridized carbons (Fsp3) is 0.381. The van der Waals surface area contributed by atoms with Crippen LogP contribution in [0.2, 0.25) is 0 Å². The number of nitrogens with one attached hydrogen (secondary N) is 2. The van der Waals surface area contributed by atoms with Crippen molar-refractivity contribution in [1.82, 2.24) is 10.3 Å². The van der Waals surface area contributed by atoms with Crippen LogP contribution in [0.5, 0.6) is 0 Å². The Morgan fingerprint density at radius 2 is 2.04 bits per heavy atom. The van der Waals surface area contributed by atoms with Gasteiger partial charge in [0.2, 0.25) is 11.8 Å². The Morgan fingerprint density at radius 1 is 1.25 bits per heavy atom. The van der Waals surface area contributed by atoms with E-state index in [1.54, 1.807) is 16.7 Å².